The zero-order chi connectivity index (χ0) is 16.1. The van der Waals surface area contributed by atoms with Gasteiger partial charge in [-0.15, -0.1) is 0 Å². The SMILES string of the molecule is CCN(CC)c1cc(N/N=C/c2c[nH]c3ccccc23)ncn1. The number of H-pyrrole nitrogens is 1. The molecule has 0 fully saturated rings. The number of aromatic amines is 1. The van der Waals surface area contributed by atoms with E-state index in [2.05, 4.69) is 50.3 Å². The van der Waals surface area contributed by atoms with Gasteiger partial charge in [0.25, 0.3) is 0 Å². The highest BCUT2D eigenvalue weighted by Gasteiger charge is 2.04. The molecule has 0 aliphatic rings. The Kier molecular flexibility index (Phi) is 4.52. The summed E-state index contributed by atoms with van der Waals surface area (Å²) in [7, 11) is 0. The van der Waals surface area contributed by atoms with Crippen LogP contribution in [0.4, 0.5) is 11.6 Å². The van der Waals surface area contributed by atoms with E-state index >= 15 is 0 Å². The molecule has 0 saturated heterocycles. The second-order valence-electron chi connectivity index (χ2n) is 5.09. The highest BCUT2D eigenvalue weighted by Crippen LogP contribution is 2.16. The molecule has 6 nitrogen and oxygen atoms in total. The van der Waals surface area contributed by atoms with Crippen LogP contribution in [0.25, 0.3) is 10.9 Å². The molecular formula is C17H20N6. The van der Waals surface area contributed by atoms with E-state index in [0.717, 1.165) is 35.4 Å². The Labute approximate surface area is 135 Å². The highest BCUT2D eigenvalue weighted by molar-refractivity contribution is 5.99. The molecule has 2 heterocycles. The van der Waals surface area contributed by atoms with Crippen LogP contribution in [0.1, 0.15) is 19.4 Å². The molecule has 0 atom stereocenters. The van der Waals surface area contributed by atoms with Crippen LogP contribution in [0.3, 0.4) is 0 Å². The van der Waals surface area contributed by atoms with Crippen molar-refractivity contribution < 1.29 is 0 Å². The average molecular weight is 308 g/mol. The van der Waals surface area contributed by atoms with Crippen molar-refractivity contribution in [3.8, 4) is 0 Å². The van der Waals surface area contributed by atoms with Crippen LogP contribution in [0.15, 0.2) is 48.0 Å². The summed E-state index contributed by atoms with van der Waals surface area (Å²) >= 11 is 0. The third-order valence-corrected chi connectivity index (χ3v) is 3.74. The Balaban J connectivity index is 1.74. The van der Waals surface area contributed by atoms with Crippen molar-refractivity contribution in [1.82, 2.24) is 15.0 Å². The fraction of sp³-hybridized carbons (Fsp3) is 0.235. The van der Waals surface area contributed by atoms with E-state index in [4.69, 9.17) is 0 Å². The first-order valence-corrected chi connectivity index (χ1v) is 7.74. The molecule has 23 heavy (non-hydrogen) atoms. The third kappa shape index (κ3) is 3.31. The molecule has 3 rings (SSSR count). The lowest BCUT2D eigenvalue weighted by Crippen LogP contribution is -2.23. The molecule has 0 aliphatic heterocycles. The maximum absolute atomic E-state index is 4.30. The molecule has 1 aromatic carbocycles. The Morgan fingerprint density at radius 3 is 2.87 bits per heavy atom. The second kappa shape index (κ2) is 6.91. The molecule has 2 N–H and O–H groups in total. The van der Waals surface area contributed by atoms with Crippen LogP contribution in [0.5, 0.6) is 0 Å². The molecule has 0 saturated carbocycles. The summed E-state index contributed by atoms with van der Waals surface area (Å²) in [5.41, 5.74) is 5.10. The Morgan fingerprint density at radius 1 is 1.22 bits per heavy atom. The monoisotopic (exact) mass is 308 g/mol. The second-order valence-corrected chi connectivity index (χ2v) is 5.09. The van der Waals surface area contributed by atoms with Crippen molar-refractivity contribution in [2.45, 2.75) is 13.8 Å². The zero-order valence-electron chi connectivity index (χ0n) is 13.3. The van der Waals surface area contributed by atoms with Crippen molar-refractivity contribution in [2.24, 2.45) is 5.10 Å². The Bertz CT molecular complexity index is 803. The highest BCUT2D eigenvalue weighted by atomic mass is 15.3. The van der Waals surface area contributed by atoms with Crippen molar-refractivity contribution in [1.29, 1.82) is 0 Å². The minimum absolute atomic E-state index is 0.679. The summed E-state index contributed by atoms with van der Waals surface area (Å²) in [6.07, 6.45) is 5.28. The van der Waals surface area contributed by atoms with Gasteiger partial charge in [-0.1, -0.05) is 18.2 Å². The number of hydrazone groups is 1. The van der Waals surface area contributed by atoms with Gasteiger partial charge in [0.1, 0.15) is 12.1 Å². The Morgan fingerprint density at radius 2 is 2.04 bits per heavy atom. The smallest absolute Gasteiger partial charge is 0.151 e. The normalized spacial score (nSPS) is 11.2. The van der Waals surface area contributed by atoms with Crippen LogP contribution < -0.4 is 10.3 Å². The van der Waals surface area contributed by atoms with E-state index in [1.807, 2.05) is 30.5 Å². The molecule has 118 valence electrons. The fourth-order valence-electron chi connectivity index (χ4n) is 2.50. The predicted molar refractivity (Wildman–Crippen MR) is 95.1 cm³/mol. The third-order valence-electron chi connectivity index (χ3n) is 3.74. The number of nitrogens with one attached hydrogen (secondary N) is 2. The summed E-state index contributed by atoms with van der Waals surface area (Å²) in [6, 6.07) is 10.0. The van der Waals surface area contributed by atoms with Crippen molar-refractivity contribution in [3.63, 3.8) is 0 Å². The van der Waals surface area contributed by atoms with Crippen LogP contribution in [0.2, 0.25) is 0 Å². The number of aromatic nitrogens is 3. The number of fused-ring (bicyclic) bond motifs is 1. The van der Waals surface area contributed by atoms with E-state index in [1.165, 1.54) is 0 Å². The number of para-hydroxylation sites is 1. The lowest BCUT2D eigenvalue weighted by molar-refractivity contribution is 0.841. The molecule has 0 radical (unpaired) electrons. The standard InChI is InChI=1S/C17H20N6/c1-3-23(4-2)17-9-16(19-12-20-17)22-21-11-13-10-18-15-8-6-5-7-14(13)15/h5-12,18H,3-4H2,1-2H3,(H,19,20,22)/b21-11+. The van der Waals surface area contributed by atoms with Gasteiger partial charge in [0.2, 0.25) is 0 Å². The zero-order valence-corrected chi connectivity index (χ0v) is 13.3. The van der Waals surface area contributed by atoms with E-state index < -0.39 is 0 Å². The van der Waals surface area contributed by atoms with E-state index in [0.29, 0.717) is 5.82 Å². The summed E-state index contributed by atoms with van der Waals surface area (Å²) < 4.78 is 0. The molecule has 0 aliphatic carbocycles. The van der Waals surface area contributed by atoms with Crippen LogP contribution in [0, 0.1) is 0 Å². The van der Waals surface area contributed by atoms with Gasteiger partial charge < -0.3 is 9.88 Å². The first kappa shape index (κ1) is 15.0. The van der Waals surface area contributed by atoms with E-state index in [-0.39, 0.29) is 0 Å². The molecule has 3 aromatic rings. The minimum Gasteiger partial charge on any atom is -0.361 e. The van der Waals surface area contributed by atoms with Crippen molar-refractivity contribution >= 4 is 28.8 Å². The predicted octanol–water partition coefficient (Wildman–Crippen LogP) is 3.25. The topological polar surface area (TPSA) is 69.2 Å². The number of nitrogens with zero attached hydrogens (tertiary/aromatic N) is 4. The molecule has 0 amide bonds. The molecule has 0 bridgehead atoms. The number of rotatable bonds is 6. The lowest BCUT2D eigenvalue weighted by Gasteiger charge is -2.19. The van der Waals surface area contributed by atoms with Crippen LogP contribution >= 0.6 is 0 Å². The summed E-state index contributed by atoms with van der Waals surface area (Å²) in [5, 5.41) is 5.43. The lowest BCUT2D eigenvalue weighted by atomic mass is 10.2. The van der Waals surface area contributed by atoms with Gasteiger partial charge in [0.15, 0.2) is 5.82 Å². The molecule has 0 unspecified atom stereocenters. The maximum Gasteiger partial charge on any atom is 0.151 e. The average Bonchev–Trinajstić information content (AvgIpc) is 3.00. The molecule has 0 spiro atoms. The van der Waals surface area contributed by atoms with Gasteiger partial charge >= 0.3 is 0 Å². The summed E-state index contributed by atoms with van der Waals surface area (Å²) in [4.78, 5) is 13.9. The van der Waals surface area contributed by atoms with Crippen LogP contribution in [-0.4, -0.2) is 34.3 Å². The first-order chi connectivity index (χ1) is 11.3. The van der Waals surface area contributed by atoms with Crippen molar-refractivity contribution in [3.05, 3.63) is 48.4 Å². The van der Waals surface area contributed by atoms with E-state index in [1.54, 1.807) is 12.5 Å². The minimum atomic E-state index is 0.679. The van der Waals surface area contributed by atoms with E-state index in [9.17, 15) is 0 Å². The van der Waals surface area contributed by atoms with Gasteiger partial charge in [-0.05, 0) is 19.9 Å². The Hall–Kier alpha value is -2.89. The quantitative estimate of drug-likeness (QED) is 0.542. The first-order valence-electron chi connectivity index (χ1n) is 7.74. The number of hydrogen-bond acceptors (Lipinski definition) is 5. The fourth-order valence-corrected chi connectivity index (χ4v) is 2.50. The number of hydrogen-bond donors (Lipinski definition) is 2. The van der Waals surface area contributed by atoms with Crippen LogP contribution in [-0.2, 0) is 0 Å². The van der Waals surface area contributed by atoms with Gasteiger partial charge in [0, 0.05) is 41.8 Å². The van der Waals surface area contributed by atoms with Gasteiger partial charge in [-0.3, -0.25) is 5.43 Å². The molecule has 6 heteroatoms. The largest absolute Gasteiger partial charge is 0.361 e. The number of anilines is 2. The summed E-state index contributed by atoms with van der Waals surface area (Å²) in [5.74, 6) is 1.58. The maximum atomic E-state index is 4.30. The molecule has 2 aromatic heterocycles. The van der Waals surface area contributed by atoms with Crippen molar-refractivity contribution in [2.75, 3.05) is 23.4 Å². The van der Waals surface area contributed by atoms with Gasteiger partial charge in [-0.2, -0.15) is 5.10 Å². The molecular weight excluding hydrogens is 288 g/mol. The van der Waals surface area contributed by atoms with Gasteiger partial charge in [0.05, 0.1) is 6.21 Å². The summed E-state index contributed by atoms with van der Waals surface area (Å²) in [6.45, 7) is 6.03. The van der Waals surface area contributed by atoms with Gasteiger partial charge in [-0.25, -0.2) is 9.97 Å². The number of benzene rings is 1.